The molecule has 0 heterocycles. The number of benzene rings is 1. The maximum Gasteiger partial charge on any atom is 0.319 e. The Hall–Kier alpha value is -1.51. The Bertz CT molecular complexity index is 391. The monoisotopic (exact) mass is 246 g/mol. The normalized spacial score (nSPS) is 15.9. The molecule has 1 aromatic rings. The molecule has 98 valence electrons. The van der Waals surface area contributed by atoms with Crippen LogP contribution in [0, 0.1) is 0 Å². The fourth-order valence-electron chi connectivity index (χ4n) is 2.37. The highest BCUT2D eigenvalue weighted by molar-refractivity contribution is 5.89. The van der Waals surface area contributed by atoms with Crippen molar-refractivity contribution >= 4 is 11.7 Å². The molecule has 2 rings (SSSR count). The summed E-state index contributed by atoms with van der Waals surface area (Å²) >= 11 is 0. The molecule has 1 saturated carbocycles. The third kappa shape index (κ3) is 3.49. The van der Waals surface area contributed by atoms with Gasteiger partial charge in [-0.1, -0.05) is 38.8 Å². The fraction of sp³-hybridized carbons (Fsp3) is 0.533. The zero-order valence-electron chi connectivity index (χ0n) is 11.2. The summed E-state index contributed by atoms with van der Waals surface area (Å²) in [7, 11) is 0. The van der Waals surface area contributed by atoms with Gasteiger partial charge in [0.15, 0.2) is 0 Å². The molecule has 1 fully saturated rings. The van der Waals surface area contributed by atoms with Crippen molar-refractivity contribution in [2.24, 2.45) is 0 Å². The minimum atomic E-state index is -0.0841. The second kappa shape index (κ2) is 5.89. The van der Waals surface area contributed by atoms with Gasteiger partial charge < -0.3 is 10.6 Å². The second-order valence-corrected chi connectivity index (χ2v) is 5.36. The average molecular weight is 246 g/mol. The van der Waals surface area contributed by atoms with Crippen molar-refractivity contribution in [3.05, 3.63) is 29.8 Å². The van der Waals surface area contributed by atoms with Crippen LogP contribution in [0.3, 0.4) is 0 Å². The molecule has 0 aromatic heterocycles. The van der Waals surface area contributed by atoms with E-state index in [-0.39, 0.29) is 6.03 Å². The molecule has 1 aromatic carbocycles. The fourth-order valence-corrected chi connectivity index (χ4v) is 2.37. The highest BCUT2D eigenvalue weighted by Gasteiger charge is 2.16. The molecule has 1 aliphatic rings. The number of hydrogen-bond acceptors (Lipinski definition) is 1. The molecule has 1 aliphatic carbocycles. The van der Waals surface area contributed by atoms with E-state index in [2.05, 4.69) is 36.6 Å². The predicted octanol–water partition coefficient (Wildman–Crippen LogP) is 3.87. The number of rotatable bonds is 3. The van der Waals surface area contributed by atoms with Crippen LogP contribution in [0.1, 0.15) is 51.0 Å². The SMILES string of the molecule is CC(C)c1ccc(NC(=O)NC2CCCC2)cc1. The van der Waals surface area contributed by atoms with E-state index >= 15 is 0 Å². The highest BCUT2D eigenvalue weighted by atomic mass is 16.2. The Morgan fingerprint density at radius 3 is 2.33 bits per heavy atom. The third-order valence-corrected chi connectivity index (χ3v) is 3.53. The first-order valence-electron chi connectivity index (χ1n) is 6.82. The van der Waals surface area contributed by atoms with Crippen LogP contribution in [0.25, 0.3) is 0 Å². The standard InChI is InChI=1S/C15H22N2O/c1-11(2)12-7-9-14(10-8-12)17-15(18)16-13-5-3-4-6-13/h7-11,13H,3-6H2,1-2H3,(H2,16,17,18). The van der Waals surface area contributed by atoms with Crippen molar-refractivity contribution in [1.82, 2.24) is 5.32 Å². The van der Waals surface area contributed by atoms with Crippen molar-refractivity contribution in [1.29, 1.82) is 0 Å². The smallest absolute Gasteiger partial charge is 0.319 e. The van der Waals surface area contributed by atoms with E-state index in [0.717, 1.165) is 18.5 Å². The Labute approximate surface area is 109 Å². The quantitative estimate of drug-likeness (QED) is 0.835. The lowest BCUT2D eigenvalue weighted by Crippen LogP contribution is -2.36. The third-order valence-electron chi connectivity index (χ3n) is 3.53. The molecule has 0 atom stereocenters. The van der Waals surface area contributed by atoms with Crippen LogP contribution in [0.4, 0.5) is 10.5 Å². The molecule has 3 heteroatoms. The maximum atomic E-state index is 11.8. The highest BCUT2D eigenvalue weighted by Crippen LogP contribution is 2.19. The Kier molecular flexibility index (Phi) is 4.24. The molecular formula is C15H22N2O. The van der Waals surface area contributed by atoms with Crippen molar-refractivity contribution < 1.29 is 4.79 Å². The Morgan fingerprint density at radius 1 is 1.17 bits per heavy atom. The van der Waals surface area contributed by atoms with Gasteiger partial charge in [-0.25, -0.2) is 4.79 Å². The first-order valence-corrected chi connectivity index (χ1v) is 6.82. The number of urea groups is 1. The minimum absolute atomic E-state index is 0.0841. The molecule has 2 amide bonds. The first kappa shape index (κ1) is 12.9. The molecule has 0 unspecified atom stereocenters. The largest absolute Gasteiger partial charge is 0.335 e. The number of hydrogen-bond donors (Lipinski definition) is 2. The van der Waals surface area contributed by atoms with E-state index in [4.69, 9.17) is 0 Å². The van der Waals surface area contributed by atoms with Crippen LogP contribution < -0.4 is 10.6 Å². The molecule has 2 N–H and O–H groups in total. The van der Waals surface area contributed by atoms with Gasteiger partial charge in [0.1, 0.15) is 0 Å². The Balaban J connectivity index is 1.86. The summed E-state index contributed by atoms with van der Waals surface area (Å²) in [6.07, 6.45) is 4.68. The number of carbonyl (C=O) groups is 1. The molecule has 18 heavy (non-hydrogen) atoms. The van der Waals surface area contributed by atoms with E-state index in [0.29, 0.717) is 12.0 Å². The van der Waals surface area contributed by atoms with Crippen molar-refractivity contribution in [2.75, 3.05) is 5.32 Å². The summed E-state index contributed by atoms with van der Waals surface area (Å²) in [5.41, 5.74) is 2.15. The van der Waals surface area contributed by atoms with Crippen LogP contribution in [0.5, 0.6) is 0 Å². The molecule has 3 nitrogen and oxygen atoms in total. The van der Waals surface area contributed by atoms with Gasteiger partial charge in [0, 0.05) is 11.7 Å². The van der Waals surface area contributed by atoms with Crippen LogP contribution in [0.15, 0.2) is 24.3 Å². The van der Waals surface area contributed by atoms with Crippen molar-refractivity contribution in [3.63, 3.8) is 0 Å². The van der Waals surface area contributed by atoms with Crippen LogP contribution in [-0.2, 0) is 0 Å². The van der Waals surface area contributed by atoms with E-state index in [1.165, 1.54) is 18.4 Å². The summed E-state index contributed by atoms with van der Waals surface area (Å²) in [5.74, 6) is 0.520. The van der Waals surface area contributed by atoms with Gasteiger partial charge in [0.25, 0.3) is 0 Å². The van der Waals surface area contributed by atoms with Crippen LogP contribution in [-0.4, -0.2) is 12.1 Å². The lowest BCUT2D eigenvalue weighted by molar-refractivity contribution is 0.248. The predicted molar refractivity (Wildman–Crippen MR) is 74.9 cm³/mol. The van der Waals surface area contributed by atoms with E-state index in [9.17, 15) is 4.79 Å². The maximum absolute atomic E-state index is 11.8. The van der Waals surface area contributed by atoms with Crippen molar-refractivity contribution in [3.8, 4) is 0 Å². The summed E-state index contributed by atoms with van der Waals surface area (Å²) in [5, 5.41) is 5.90. The molecular weight excluding hydrogens is 224 g/mol. The van der Waals surface area contributed by atoms with E-state index < -0.39 is 0 Å². The first-order chi connectivity index (χ1) is 8.65. The molecule has 0 bridgehead atoms. The topological polar surface area (TPSA) is 41.1 Å². The lowest BCUT2D eigenvalue weighted by Gasteiger charge is -2.13. The average Bonchev–Trinajstić information content (AvgIpc) is 2.82. The van der Waals surface area contributed by atoms with Gasteiger partial charge in [-0.15, -0.1) is 0 Å². The number of carbonyl (C=O) groups excluding carboxylic acids is 1. The van der Waals surface area contributed by atoms with Crippen LogP contribution >= 0.6 is 0 Å². The van der Waals surface area contributed by atoms with Gasteiger partial charge in [-0.05, 0) is 36.5 Å². The summed E-state index contributed by atoms with van der Waals surface area (Å²) in [6, 6.07) is 8.33. The zero-order chi connectivity index (χ0) is 13.0. The second-order valence-electron chi connectivity index (χ2n) is 5.36. The number of amides is 2. The molecule has 0 aliphatic heterocycles. The number of anilines is 1. The van der Waals surface area contributed by atoms with Crippen LogP contribution in [0.2, 0.25) is 0 Å². The van der Waals surface area contributed by atoms with Crippen molar-refractivity contribution in [2.45, 2.75) is 51.5 Å². The van der Waals surface area contributed by atoms with Gasteiger partial charge in [-0.3, -0.25) is 0 Å². The van der Waals surface area contributed by atoms with E-state index in [1.807, 2.05) is 12.1 Å². The summed E-state index contributed by atoms with van der Waals surface area (Å²) in [6.45, 7) is 4.32. The zero-order valence-corrected chi connectivity index (χ0v) is 11.2. The number of nitrogens with one attached hydrogen (secondary N) is 2. The van der Waals surface area contributed by atoms with Gasteiger partial charge >= 0.3 is 6.03 Å². The molecule has 0 spiro atoms. The minimum Gasteiger partial charge on any atom is -0.335 e. The Morgan fingerprint density at radius 2 is 1.78 bits per heavy atom. The lowest BCUT2D eigenvalue weighted by atomic mass is 10.0. The molecule has 0 saturated heterocycles. The summed E-state index contributed by atoms with van der Waals surface area (Å²) < 4.78 is 0. The van der Waals surface area contributed by atoms with E-state index in [1.54, 1.807) is 0 Å². The molecule has 0 radical (unpaired) electrons. The van der Waals surface area contributed by atoms with Gasteiger partial charge in [0.05, 0.1) is 0 Å². The summed E-state index contributed by atoms with van der Waals surface area (Å²) in [4.78, 5) is 11.8. The van der Waals surface area contributed by atoms with Gasteiger partial charge in [-0.2, -0.15) is 0 Å². The van der Waals surface area contributed by atoms with Gasteiger partial charge in [0.2, 0.25) is 0 Å².